The number of ether oxygens (including phenoxy) is 4. The van der Waals surface area contributed by atoms with Crippen molar-refractivity contribution in [2.75, 3.05) is 27.9 Å². The average molecular weight is 472 g/mol. The Morgan fingerprint density at radius 3 is 2.37 bits per heavy atom. The van der Waals surface area contributed by atoms with E-state index < -0.39 is 5.97 Å². The van der Waals surface area contributed by atoms with E-state index in [-0.39, 0.29) is 6.61 Å². The van der Waals surface area contributed by atoms with E-state index in [9.17, 15) is 4.79 Å². The lowest BCUT2D eigenvalue weighted by molar-refractivity contribution is 0.0511. The number of aromatic amines is 1. The maximum absolute atomic E-state index is 13.3. The van der Waals surface area contributed by atoms with Gasteiger partial charge < -0.3 is 28.3 Å². The number of esters is 1. The van der Waals surface area contributed by atoms with Crippen molar-refractivity contribution < 1.29 is 28.2 Å². The number of carbonyl (C=O) groups is 1. The van der Waals surface area contributed by atoms with Gasteiger partial charge in [-0.3, -0.25) is 0 Å². The molecule has 0 saturated heterocycles. The molecule has 0 amide bonds. The van der Waals surface area contributed by atoms with E-state index in [0.717, 1.165) is 27.6 Å². The quantitative estimate of drug-likeness (QED) is 0.279. The summed E-state index contributed by atoms with van der Waals surface area (Å²) in [6, 6.07) is 17.0. The Morgan fingerprint density at radius 2 is 1.63 bits per heavy atom. The van der Waals surface area contributed by atoms with Gasteiger partial charge in [0.2, 0.25) is 0 Å². The molecule has 0 radical (unpaired) electrons. The van der Waals surface area contributed by atoms with Crippen LogP contribution in [0.3, 0.4) is 0 Å². The number of nitrogens with one attached hydrogen (secondary N) is 1. The van der Waals surface area contributed by atoms with Crippen LogP contribution in [0.25, 0.3) is 33.0 Å². The van der Waals surface area contributed by atoms with Crippen LogP contribution >= 0.6 is 0 Å². The number of hydrogen-bond donors (Lipinski definition) is 1. The van der Waals surface area contributed by atoms with Crippen molar-refractivity contribution in [1.29, 1.82) is 0 Å². The largest absolute Gasteiger partial charge is 0.497 e. The molecule has 0 bridgehead atoms. The predicted octanol–water partition coefficient (Wildman–Crippen LogP) is 6.01. The van der Waals surface area contributed by atoms with E-state index in [0.29, 0.717) is 40.2 Å². The highest BCUT2D eigenvalue weighted by Gasteiger charge is 2.21. The van der Waals surface area contributed by atoms with E-state index in [4.69, 9.17) is 23.4 Å². The molecule has 178 valence electrons. The minimum Gasteiger partial charge on any atom is -0.497 e. The summed E-state index contributed by atoms with van der Waals surface area (Å²) in [5.41, 5.74) is 4.55. The second-order valence-corrected chi connectivity index (χ2v) is 8.04. The molecule has 0 aliphatic carbocycles. The summed E-state index contributed by atoms with van der Waals surface area (Å²) < 4.78 is 27.8. The maximum atomic E-state index is 13.3. The molecule has 7 heteroatoms. The van der Waals surface area contributed by atoms with Crippen molar-refractivity contribution in [2.24, 2.45) is 0 Å². The fourth-order valence-corrected chi connectivity index (χ4v) is 4.27. The van der Waals surface area contributed by atoms with Crippen LogP contribution in [0.5, 0.6) is 17.2 Å². The first-order valence-corrected chi connectivity index (χ1v) is 11.2. The number of H-pyrrole nitrogens is 1. The maximum Gasteiger partial charge on any atom is 0.339 e. The fourth-order valence-electron chi connectivity index (χ4n) is 4.27. The summed E-state index contributed by atoms with van der Waals surface area (Å²) in [5, 5.41) is 1.76. The second kappa shape index (κ2) is 9.46. The lowest BCUT2D eigenvalue weighted by Crippen LogP contribution is -2.09. The van der Waals surface area contributed by atoms with E-state index in [1.54, 1.807) is 45.8 Å². The topological polar surface area (TPSA) is 82.9 Å². The number of rotatable bonds is 8. The number of carbonyl (C=O) groups excluding carboxylic acids is 1. The number of para-hydroxylation sites is 1. The van der Waals surface area contributed by atoms with Gasteiger partial charge in [-0.05, 0) is 35.4 Å². The van der Waals surface area contributed by atoms with Gasteiger partial charge in [0.15, 0.2) is 0 Å². The third kappa shape index (κ3) is 4.28. The summed E-state index contributed by atoms with van der Waals surface area (Å²) in [4.78, 5) is 16.5. The number of benzene rings is 3. The molecular weight excluding hydrogens is 446 g/mol. The Kier molecular flexibility index (Phi) is 6.06. The zero-order valence-electron chi connectivity index (χ0n) is 19.7. The molecule has 0 saturated carbocycles. The highest BCUT2D eigenvalue weighted by atomic mass is 16.5. The number of methoxy groups -OCH3 is 3. The van der Waals surface area contributed by atoms with Gasteiger partial charge in [-0.1, -0.05) is 18.2 Å². The summed E-state index contributed by atoms with van der Waals surface area (Å²) in [7, 11) is 4.73. The number of hydrogen-bond acceptors (Lipinski definition) is 6. The van der Waals surface area contributed by atoms with Crippen LogP contribution in [0.15, 0.2) is 71.5 Å². The van der Waals surface area contributed by atoms with Crippen LogP contribution in [-0.2, 0) is 11.2 Å². The van der Waals surface area contributed by atoms with E-state index >= 15 is 0 Å². The molecule has 3 aromatic carbocycles. The lowest BCUT2D eigenvalue weighted by Gasteiger charge is -2.10. The minimum absolute atomic E-state index is 0.236. The summed E-state index contributed by atoms with van der Waals surface area (Å²) >= 11 is 0. The van der Waals surface area contributed by atoms with Crippen molar-refractivity contribution in [3.63, 3.8) is 0 Å². The molecule has 0 fully saturated rings. The molecule has 2 aromatic heterocycles. The fraction of sp³-hybridized carbons (Fsp3) is 0.179. The third-order valence-corrected chi connectivity index (χ3v) is 6.05. The summed E-state index contributed by atoms with van der Waals surface area (Å²) in [5.74, 6) is 1.31. The Labute approximate surface area is 202 Å². The molecular formula is C28H25NO6. The van der Waals surface area contributed by atoms with Crippen LogP contribution in [0.4, 0.5) is 0 Å². The van der Waals surface area contributed by atoms with Gasteiger partial charge in [0.25, 0.3) is 0 Å². The van der Waals surface area contributed by atoms with Gasteiger partial charge >= 0.3 is 5.97 Å². The first-order chi connectivity index (χ1) is 17.1. The van der Waals surface area contributed by atoms with Crippen LogP contribution in [-0.4, -0.2) is 38.9 Å². The Balaban J connectivity index is 1.48. The first kappa shape index (κ1) is 22.4. The summed E-state index contributed by atoms with van der Waals surface area (Å²) in [6.07, 6.45) is 4.15. The summed E-state index contributed by atoms with van der Waals surface area (Å²) in [6.45, 7) is 0.236. The number of furan rings is 1. The van der Waals surface area contributed by atoms with Crippen molar-refractivity contribution in [2.45, 2.75) is 6.42 Å². The van der Waals surface area contributed by atoms with Crippen LogP contribution in [0.1, 0.15) is 15.9 Å². The minimum atomic E-state index is -0.453. The first-order valence-electron chi connectivity index (χ1n) is 11.2. The molecule has 7 nitrogen and oxygen atoms in total. The van der Waals surface area contributed by atoms with Crippen LogP contribution < -0.4 is 14.2 Å². The van der Waals surface area contributed by atoms with Gasteiger partial charge in [0.05, 0.1) is 39.8 Å². The van der Waals surface area contributed by atoms with Gasteiger partial charge in [0.1, 0.15) is 22.8 Å². The smallest absolute Gasteiger partial charge is 0.339 e. The Bertz CT molecular complexity index is 1490. The van der Waals surface area contributed by atoms with E-state index in [1.807, 2.05) is 36.5 Å². The van der Waals surface area contributed by atoms with Gasteiger partial charge in [0, 0.05) is 46.6 Å². The van der Waals surface area contributed by atoms with Gasteiger partial charge in [-0.25, -0.2) is 4.79 Å². The molecule has 0 unspecified atom stereocenters. The number of aromatic nitrogens is 1. The van der Waals surface area contributed by atoms with E-state index in [2.05, 4.69) is 11.1 Å². The predicted molar refractivity (Wildman–Crippen MR) is 134 cm³/mol. The average Bonchev–Trinajstić information content (AvgIpc) is 3.52. The van der Waals surface area contributed by atoms with Gasteiger partial charge in [-0.2, -0.15) is 0 Å². The standard InChI is InChI=1S/C28H25NO6/c1-31-19-10-18(11-20(12-19)32-2)24-16-35-26-14-21(33-3)13-23(27(24)26)28(30)34-9-8-17-15-29-25-7-5-4-6-22(17)25/h4-7,10-16,29H,8-9H2,1-3H3. The van der Waals surface area contributed by atoms with Crippen molar-refractivity contribution in [1.82, 2.24) is 4.98 Å². The lowest BCUT2D eigenvalue weighted by atomic mass is 10.00. The molecule has 0 atom stereocenters. The second-order valence-electron chi connectivity index (χ2n) is 8.04. The van der Waals surface area contributed by atoms with E-state index in [1.165, 1.54) is 0 Å². The van der Waals surface area contributed by atoms with Crippen molar-refractivity contribution >= 4 is 27.8 Å². The third-order valence-electron chi connectivity index (χ3n) is 6.05. The Hall–Kier alpha value is -4.39. The molecule has 0 aliphatic heterocycles. The zero-order valence-corrected chi connectivity index (χ0v) is 19.7. The van der Waals surface area contributed by atoms with Crippen molar-refractivity contribution in [3.05, 3.63) is 78.2 Å². The molecule has 0 aliphatic rings. The highest BCUT2D eigenvalue weighted by Crippen LogP contribution is 2.39. The van der Waals surface area contributed by atoms with Gasteiger partial charge in [-0.15, -0.1) is 0 Å². The zero-order chi connectivity index (χ0) is 24.4. The highest BCUT2D eigenvalue weighted by molar-refractivity contribution is 6.10. The number of fused-ring (bicyclic) bond motifs is 2. The van der Waals surface area contributed by atoms with Crippen LogP contribution in [0, 0.1) is 0 Å². The normalized spacial score (nSPS) is 11.1. The molecule has 2 heterocycles. The molecule has 1 N–H and O–H groups in total. The molecule has 5 rings (SSSR count). The monoisotopic (exact) mass is 471 g/mol. The molecule has 35 heavy (non-hydrogen) atoms. The Morgan fingerprint density at radius 1 is 0.914 bits per heavy atom. The van der Waals surface area contributed by atoms with Crippen LogP contribution in [0.2, 0.25) is 0 Å². The molecule has 0 spiro atoms. The van der Waals surface area contributed by atoms with Crippen molar-refractivity contribution in [3.8, 4) is 28.4 Å². The SMILES string of the molecule is COc1cc(OC)cc(-c2coc3cc(OC)cc(C(=O)OCCc4c[nH]c5ccccc45)c23)c1. The molecule has 5 aromatic rings.